The number of hydrogen-bond acceptors (Lipinski definition) is 13. The number of para-hydroxylation sites is 2. The third kappa shape index (κ3) is 17.6. The van der Waals surface area contributed by atoms with Gasteiger partial charge < -0.3 is 63.7 Å². The Morgan fingerprint density at radius 1 is 0.386 bits per heavy atom. The summed E-state index contributed by atoms with van der Waals surface area (Å²) in [5.74, 6) is 6.20. The summed E-state index contributed by atoms with van der Waals surface area (Å²) in [6.45, 7) is 27.6. The Morgan fingerprint density at radius 3 is 1.46 bits per heavy atom. The zero-order valence-corrected chi connectivity index (χ0v) is 84.6. The average Bonchev–Trinajstić information content (AvgIpc) is 1.68. The lowest BCUT2D eigenvalue weighted by molar-refractivity contribution is -0.669. The lowest BCUT2D eigenvalue weighted by Crippen LogP contribution is -2.53. The minimum absolute atomic E-state index is 0.0678. The number of aliphatic hydroxyl groups is 1. The number of piperidine rings is 12. The van der Waals surface area contributed by atoms with Crippen molar-refractivity contribution in [2.24, 2.45) is 57.2 Å². The summed E-state index contributed by atoms with van der Waals surface area (Å²) in [5.41, 5.74) is 22.2. The first kappa shape index (κ1) is 93.1. The van der Waals surface area contributed by atoms with E-state index < -0.39 is 0 Å². The molecule has 6 saturated carbocycles. The van der Waals surface area contributed by atoms with Crippen molar-refractivity contribution in [1.82, 2.24) is 83.9 Å². The summed E-state index contributed by atoms with van der Waals surface area (Å²) < 4.78 is 6.78. The summed E-state index contributed by atoms with van der Waals surface area (Å²) in [7, 11) is 0. The predicted molar refractivity (Wildman–Crippen MR) is 562 cm³/mol. The highest BCUT2D eigenvalue weighted by molar-refractivity contribution is 6.12. The second-order valence-corrected chi connectivity index (χ2v) is 47.6. The molecule has 26 heteroatoms. The van der Waals surface area contributed by atoms with Gasteiger partial charge in [0.15, 0.2) is 23.8 Å². The highest BCUT2D eigenvalue weighted by Gasteiger charge is 2.50. The molecule has 2 unspecified atom stereocenters. The molecule has 19 aliphatic heterocycles. The molecule has 12 saturated heterocycles. The fourth-order valence-electron chi connectivity index (χ4n) is 30.7. The smallest absolute Gasteiger partial charge is 0.260 e. The first-order chi connectivity index (χ1) is 70.9. The van der Waals surface area contributed by atoms with Crippen LogP contribution in [0.1, 0.15) is 243 Å². The molecule has 5 N–H and O–H groups in total. The molecule has 37 rings (SSSR count). The Labute approximate surface area is 849 Å². The number of hydrogen-bond donors (Lipinski definition) is 5. The third-order valence-electron chi connectivity index (χ3n) is 39.5. The molecule has 5 aromatic heterocycles. The van der Waals surface area contributed by atoms with Crippen LogP contribution >= 0.6 is 0 Å². The normalized spacial score (nSPS) is 29.2. The van der Waals surface area contributed by atoms with Crippen LogP contribution in [0.25, 0.3) is 54.6 Å². The monoisotopic (exact) mass is 1950 g/mol. The number of H-pyrrole nitrogens is 4. The number of nitrogens with one attached hydrogen (secondary N) is 4. The van der Waals surface area contributed by atoms with Crippen molar-refractivity contribution in [3.8, 4) is 0 Å². The van der Waals surface area contributed by atoms with Gasteiger partial charge in [-0.3, -0.25) is 39.0 Å². The number of benzene rings is 7. The molecular weight excluding hydrogens is 1810 g/mol. The standard InChI is InChI=1S/C27H31N3O2.C19H23N3O.C19H24N3O.C18H22N4O.2C18H21N3O/c31-18-21-6-4-20(5-7-21)16-30-17-22-8-12-29(19-27-9-13-28(14-10-27)15-11-27)26(32)23-2-1-3-24(30)25(22)23;23-18-15-2-1-3-16-17(15)14(12-20-16)4-8-22(18)13-19-5-9-21(10-6-19)11-7-19;23-18-16-3-1-2-15-4-8-21(17(15)16)12-13-22(18)14-19-5-9-20(10-6-19)11-7-19;23-18-15-2-1-3-16-17(15)22(12-19-16)9-8-21(18)11-14-10-20-6-4-13(14)5-7-20;22-17-13-2-1-3-14-16(13)15(20-19-14)10-21(17)11-18-7-4-12(5-8-18)6-9-18;22-18-14-2-1-3-15-17(14)16(20-19-15)10-21(18)9-13-8-11-4-6-12(13)7-5-11/h1-7,17,31H,8-16,18-19H2;1-3,12,20H,4-11,13H2;1-3,8H,4-7,9-14H2;1-3,12-14H,4-11H2;1-3,12H,4-11H2,(H,19,20);1-3,11-13H,4-10H2,(H,19,20)/q;;+1;;;/p+1. The molecule has 0 radical (unpaired) electrons. The Hall–Kier alpha value is -11.7. The maximum absolute atomic E-state index is 13.7. The van der Waals surface area contributed by atoms with E-state index in [1.807, 2.05) is 109 Å². The van der Waals surface area contributed by atoms with Gasteiger partial charge in [0.05, 0.1) is 78.3 Å². The number of nitrogens with zero attached hydrogens (tertiary/aromatic N) is 15. The van der Waals surface area contributed by atoms with E-state index in [4.69, 9.17) is 0 Å². The zero-order chi connectivity index (χ0) is 97.4. The fraction of sp³-hybridized carbons (Fsp3) is 0.529. The molecule has 25 aliphatic rings. The van der Waals surface area contributed by atoms with Crippen molar-refractivity contribution in [1.29, 1.82) is 0 Å². The number of aromatic nitrogens is 8. The van der Waals surface area contributed by atoms with E-state index in [9.17, 15) is 33.9 Å². The Kier molecular flexibility index (Phi) is 24.6. The van der Waals surface area contributed by atoms with Gasteiger partial charge in [-0.25, -0.2) is 9.55 Å². The van der Waals surface area contributed by atoms with E-state index in [0.717, 1.165) is 233 Å². The van der Waals surface area contributed by atoms with Gasteiger partial charge in [0, 0.05) is 127 Å². The molecular formula is C119H143N19O7+2. The molecule has 26 nitrogen and oxygen atoms in total. The first-order valence-electron chi connectivity index (χ1n) is 55.6. The summed E-state index contributed by atoms with van der Waals surface area (Å²) >= 11 is 0. The predicted octanol–water partition coefficient (Wildman–Crippen LogP) is 16.3. The van der Waals surface area contributed by atoms with Gasteiger partial charge in [0.2, 0.25) is 12.0 Å². The number of carbonyl (C=O) groups is 6. The number of imidazole rings is 1. The van der Waals surface area contributed by atoms with Crippen LogP contribution in [0.15, 0.2) is 152 Å². The van der Waals surface area contributed by atoms with Gasteiger partial charge >= 0.3 is 0 Å². The van der Waals surface area contributed by atoms with Crippen LogP contribution in [0.2, 0.25) is 0 Å². The Balaban J connectivity index is 0.0000000890. The SMILES string of the molecule is O=C1c2cccc3[nH]c[n+](c23)CCN1CC1CN2CCC1CC2.O=C1c2cccc3[nH]cc(c23)CCN1CC12CCN(CC1)CC2.O=C1c2cccc3c2[N+](=CC3)CCN1CC12CCN(CC1)CC2.O=C1c2cccc3c2c(cn3Cc2ccc(CO)cc2)CCN1CC12CCN(CC1)CC2.O=C1c2cccc3n[nH]c(c23)CN1CC12CCC(CC1)CC2.O=C1c2cccc3n[nH]c(c23)CN1CC1CC2CCC1CC2. The number of carbonyl (C=O) groups excluding carboxylic acids is 6. The number of fused-ring (bicyclic) bond motifs is 18. The van der Waals surface area contributed by atoms with E-state index >= 15 is 0 Å². The van der Waals surface area contributed by atoms with E-state index in [-0.39, 0.29) is 42.0 Å². The minimum atomic E-state index is 0.0678. The highest BCUT2D eigenvalue weighted by Crippen LogP contribution is 2.53. The lowest BCUT2D eigenvalue weighted by atomic mass is 9.60. The molecule has 754 valence electrons. The van der Waals surface area contributed by atoms with Crippen molar-refractivity contribution in [3.63, 3.8) is 0 Å². The van der Waals surface area contributed by atoms with Gasteiger partial charge in [-0.2, -0.15) is 14.8 Å². The van der Waals surface area contributed by atoms with Crippen molar-refractivity contribution >= 4 is 102 Å². The molecule has 145 heavy (non-hydrogen) atoms. The minimum Gasteiger partial charge on any atom is -0.392 e. The second-order valence-electron chi connectivity index (χ2n) is 47.6. The molecule has 2 atom stereocenters. The summed E-state index contributed by atoms with van der Waals surface area (Å²) in [6, 6.07) is 44.3. The molecule has 7 aromatic carbocycles. The Bertz CT molecular complexity index is 6950. The van der Waals surface area contributed by atoms with Crippen LogP contribution in [0.4, 0.5) is 5.69 Å². The van der Waals surface area contributed by atoms with E-state index in [0.29, 0.717) is 46.6 Å². The molecule has 12 bridgehead atoms. The van der Waals surface area contributed by atoms with Gasteiger partial charge in [0.25, 0.3) is 35.4 Å². The Morgan fingerprint density at radius 2 is 0.869 bits per heavy atom. The van der Waals surface area contributed by atoms with Crippen LogP contribution in [0, 0.1) is 57.2 Å². The number of amides is 6. The quantitative estimate of drug-likeness (QED) is 0.0599. The van der Waals surface area contributed by atoms with Gasteiger partial charge in [-0.1, -0.05) is 79.6 Å². The molecule has 18 fully saturated rings. The molecule has 12 aromatic rings. The molecule has 6 amide bonds. The first-order valence-corrected chi connectivity index (χ1v) is 55.6. The van der Waals surface area contributed by atoms with Crippen molar-refractivity contribution in [2.45, 2.75) is 193 Å². The summed E-state index contributed by atoms with van der Waals surface area (Å²) in [4.78, 5) is 108. The number of rotatable bonds is 15. The van der Waals surface area contributed by atoms with Crippen LogP contribution < -0.4 is 4.57 Å². The number of aliphatic hydroxyl groups excluding tert-OH is 1. The van der Waals surface area contributed by atoms with Gasteiger partial charge in [0.1, 0.15) is 12.1 Å². The summed E-state index contributed by atoms with van der Waals surface area (Å²) in [6.07, 6.45) is 40.3. The lowest BCUT2D eigenvalue weighted by Gasteiger charge is -2.50. The zero-order valence-electron chi connectivity index (χ0n) is 84.6. The third-order valence-corrected chi connectivity index (χ3v) is 39.5. The van der Waals surface area contributed by atoms with Gasteiger partial charge in [-0.15, -0.1) is 0 Å². The highest BCUT2D eigenvalue weighted by atomic mass is 16.3. The van der Waals surface area contributed by atoms with Crippen molar-refractivity contribution < 1.29 is 43.0 Å². The number of aromatic amines is 4. The van der Waals surface area contributed by atoms with E-state index in [1.165, 1.54) is 248 Å². The van der Waals surface area contributed by atoms with E-state index in [1.54, 1.807) is 0 Å². The van der Waals surface area contributed by atoms with Crippen LogP contribution in [-0.4, -0.2) is 286 Å². The largest absolute Gasteiger partial charge is 0.392 e. The van der Waals surface area contributed by atoms with Gasteiger partial charge in [-0.05, 0) is 359 Å². The maximum Gasteiger partial charge on any atom is 0.260 e. The average molecular weight is 1950 g/mol. The fourth-order valence-corrected chi connectivity index (χ4v) is 30.7. The van der Waals surface area contributed by atoms with Crippen molar-refractivity contribution in [2.75, 3.05) is 151 Å². The summed E-state index contributed by atoms with van der Waals surface area (Å²) in [5, 5.41) is 28.6. The van der Waals surface area contributed by atoms with Crippen LogP contribution in [0.3, 0.4) is 0 Å². The molecule has 0 spiro atoms. The maximum atomic E-state index is 13.7. The van der Waals surface area contributed by atoms with Crippen molar-refractivity contribution in [3.05, 3.63) is 225 Å². The molecule has 6 aliphatic carbocycles. The van der Waals surface area contributed by atoms with Crippen LogP contribution in [-0.2, 0) is 52.0 Å². The van der Waals surface area contributed by atoms with Crippen LogP contribution in [0.5, 0.6) is 0 Å². The second kappa shape index (κ2) is 38.2. The topological polar surface area (TPSA) is 256 Å². The van der Waals surface area contributed by atoms with E-state index in [2.05, 4.69) is 142 Å². The molecule has 24 heterocycles.